The first-order valence-electron chi connectivity index (χ1n) is 7.18. The predicted octanol–water partition coefficient (Wildman–Crippen LogP) is 2.01. The molecule has 0 aliphatic carbocycles. The van der Waals surface area contributed by atoms with Gasteiger partial charge in [0.25, 0.3) is 0 Å². The molecule has 1 rings (SSSR count). The topological polar surface area (TPSA) is 76.4 Å². The zero-order chi connectivity index (χ0) is 14.6. The maximum absolute atomic E-state index is 10.5. The largest absolute Gasteiger partial charge is 0.494 e. The van der Waals surface area contributed by atoms with Gasteiger partial charge in [0, 0.05) is 19.6 Å². The van der Waals surface area contributed by atoms with E-state index in [0.717, 1.165) is 25.3 Å². The minimum atomic E-state index is -0.489. The lowest BCUT2D eigenvalue weighted by atomic mass is 10.2. The number of hydrogen-bond acceptors (Lipinski definition) is 3. The second kappa shape index (κ2) is 10.1. The van der Waals surface area contributed by atoms with Crippen molar-refractivity contribution in [2.75, 3.05) is 19.7 Å². The van der Waals surface area contributed by atoms with E-state index < -0.39 is 6.03 Å². The van der Waals surface area contributed by atoms with Gasteiger partial charge in [0.15, 0.2) is 0 Å². The normalized spacial score (nSPS) is 10.2. The van der Waals surface area contributed by atoms with Gasteiger partial charge in [0.2, 0.25) is 0 Å². The Hall–Kier alpha value is -1.75. The van der Waals surface area contributed by atoms with E-state index >= 15 is 0 Å². The molecule has 0 aliphatic rings. The Balaban J connectivity index is 2.16. The van der Waals surface area contributed by atoms with Gasteiger partial charge in [-0.15, -0.1) is 0 Å². The Labute approximate surface area is 120 Å². The van der Waals surface area contributed by atoms with Gasteiger partial charge in [0.05, 0.1) is 6.61 Å². The number of amides is 2. The minimum absolute atomic E-state index is 0.489. The fraction of sp³-hybridized carbons (Fsp3) is 0.533. The Morgan fingerprint density at radius 2 is 1.95 bits per heavy atom. The first kappa shape index (κ1) is 16.3. The quantitative estimate of drug-likeness (QED) is 0.573. The third-order valence-electron chi connectivity index (χ3n) is 2.87. The molecule has 2 amide bonds. The number of benzene rings is 1. The number of hydrogen-bond donors (Lipinski definition) is 3. The van der Waals surface area contributed by atoms with Crippen LogP contribution in [0.4, 0.5) is 4.79 Å². The SMILES string of the molecule is CCCCCOc1ccc(CNCCNC(N)=O)cc1. The average molecular weight is 279 g/mol. The van der Waals surface area contributed by atoms with E-state index in [9.17, 15) is 4.79 Å². The predicted molar refractivity (Wildman–Crippen MR) is 80.8 cm³/mol. The Kier molecular flexibility index (Phi) is 8.22. The summed E-state index contributed by atoms with van der Waals surface area (Å²) in [6.07, 6.45) is 3.52. The van der Waals surface area contributed by atoms with Crippen LogP contribution in [0.15, 0.2) is 24.3 Å². The molecule has 0 bridgehead atoms. The van der Waals surface area contributed by atoms with Crippen LogP contribution in [0.25, 0.3) is 0 Å². The fourth-order valence-electron chi connectivity index (χ4n) is 1.75. The highest BCUT2D eigenvalue weighted by Crippen LogP contribution is 2.12. The van der Waals surface area contributed by atoms with Crippen LogP contribution in [0.2, 0.25) is 0 Å². The van der Waals surface area contributed by atoms with Gasteiger partial charge >= 0.3 is 6.03 Å². The molecule has 0 fully saturated rings. The van der Waals surface area contributed by atoms with Crippen LogP contribution in [-0.4, -0.2) is 25.7 Å². The van der Waals surface area contributed by atoms with Crippen molar-refractivity contribution in [1.82, 2.24) is 10.6 Å². The number of carbonyl (C=O) groups is 1. The van der Waals surface area contributed by atoms with Gasteiger partial charge in [-0.2, -0.15) is 0 Å². The summed E-state index contributed by atoms with van der Waals surface area (Å²) in [4.78, 5) is 10.5. The van der Waals surface area contributed by atoms with E-state index in [-0.39, 0.29) is 0 Å². The second-order valence-corrected chi connectivity index (χ2v) is 4.67. The Morgan fingerprint density at radius 1 is 1.20 bits per heavy atom. The van der Waals surface area contributed by atoms with Gasteiger partial charge < -0.3 is 21.1 Å². The fourth-order valence-corrected chi connectivity index (χ4v) is 1.75. The van der Waals surface area contributed by atoms with Crippen LogP contribution in [0.5, 0.6) is 5.75 Å². The van der Waals surface area contributed by atoms with Crippen LogP contribution in [0, 0.1) is 0 Å². The number of carbonyl (C=O) groups excluding carboxylic acids is 1. The first-order chi connectivity index (χ1) is 9.72. The molecule has 0 unspecified atom stereocenters. The van der Waals surface area contributed by atoms with E-state index in [4.69, 9.17) is 10.5 Å². The molecule has 1 aromatic rings. The number of ether oxygens (including phenoxy) is 1. The van der Waals surface area contributed by atoms with Crippen molar-refractivity contribution < 1.29 is 9.53 Å². The number of unbranched alkanes of at least 4 members (excludes halogenated alkanes) is 2. The summed E-state index contributed by atoms with van der Waals surface area (Å²) in [6.45, 7) is 4.95. The number of nitrogens with two attached hydrogens (primary N) is 1. The molecular weight excluding hydrogens is 254 g/mol. The number of primary amides is 1. The highest BCUT2D eigenvalue weighted by molar-refractivity contribution is 5.71. The third kappa shape index (κ3) is 7.63. The van der Waals surface area contributed by atoms with Crippen LogP contribution < -0.4 is 21.1 Å². The van der Waals surface area contributed by atoms with E-state index in [1.165, 1.54) is 18.4 Å². The lowest BCUT2D eigenvalue weighted by Crippen LogP contribution is -2.35. The minimum Gasteiger partial charge on any atom is -0.494 e. The molecule has 1 aromatic carbocycles. The molecule has 4 N–H and O–H groups in total. The Morgan fingerprint density at radius 3 is 2.60 bits per heavy atom. The molecule has 0 aromatic heterocycles. The van der Waals surface area contributed by atoms with Crippen molar-refractivity contribution in [3.63, 3.8) is 0 Å². The van der Waals surface area contributed by atoms with Crippen molar-refractivity contribution in [2.45, 2.75) is 32.7 Å². The summed E-state index contributed by atoms with van der Waals surface area (Å²) < 4.78 is 5.65. The van der Waals surface area contributed by atoms with Gasteiger partial charge in [-0.05, 0) is 24.1 Å². The lowest BCUT2D eigenvalue weighted by molar-refractivity contribution is 0.249. The second-order valence-electron chi connectivity index (χ2n) is 4.67. The number of urea groups is 1. The van der Waals surface area contributed by atoms with Crippen molar-refractivity contribution in [3.8, 4) is 5.75 Å². The smallest absolute Gasteiger partial charge is 0.312 e. The standard InChI is InChI=1S/C15H25N3O2/c1-2-3-4-11-20-14-7-5-13(6-8-14)12-17-9-10-18-15(16)19/h5-8,17H,2-4,9-12H2,1H3,(H3,16,18,19). The van der Waals surface area contributed by atoms with E-state index in [1.54, 1.807) is 0 Å². The van der Waals surface area contributed by atoms with Gasteiger partial charge in [-0.1, -0.05) is 31.9 Å². The number of rotatable bonds is 10. The van der Waals surface area contributed by atoms with E-state index in [2.05, 4.69) is 17.6 Å². The monoisotopic (exact) mass is 279 g/mol. The van der Waals surface area contributed by atoms with Gasteiger partial charge in [0.1, 0.15) is 5.75 Å². The van der Waals surface area contributed by atoms with Crippen LogP contribution in [0.3, 0.4) is 0 Å². The van der Waals surface area contributed by atoms with Crippen molar-refractivity contribution >= 4 is 6.03 Å². The van der Waals surface area contributed by atoms with E-state index in [0.29, 0.717) is 13.1 Å². The molecule has 0 saturated heterocycles. The average Bonchev–Trinajstić information content (AvgIpc) is 2.44. The molecule has 20 heavy (non-hydrogen) atoms. The highest BCUT2D eigenvalue weighted by Gasteiger charge is 1.96. The number of nitrogens with one attached hydrogen (secondary N) is 2. The van der Waals surface area contributed by atoms with Crippen molar-refractivity contribution in [1.29, 1.82) is 0 Å². The molecule has 0 aliphatic heterocycles. The molecule has 0 heterocycles. The van der Waals surface area contributed by atoms with Crippen molar-refractivity contribution in [3.05, 3.63) is 29.8 Å². The van der Waals surface area contributed by atoms with E-state index in [1.807, 2.05) is 24.3 Å². The molecule has 0 spiro atoms. The maximum Gasteiger partial charge on any atom is 0.312 e. The van der Waals surface area contributed by atoms with Crippen LogP contribution in [0.1, 0.15) is 31.7 Å². The Bertz CT molecular complexity index is 379. The summed E-state index contributed by atoms with van der Waals surface area (Å²) in [5.41, 5.74) is 6.15. The molecule has 112 valence electrons. The molecule has 0 radical (unpaired) electrons. The van der Waals surface area contributed by atoms with Crippen LogP contribution in [-0.2, 0) is 6.54 Å². The van der Waals surface area contributed by atoms with Gasteiger partial charge in [-0.3, -0.25) is 0 Å². The third-order valence-corrected chi connectivity index (χ3v) is 2.87. The molecule has 0 atom stereocenters. The molecular formula is C15H25N3O2. The summed E-state index contributed by atoms with van der Waals surface area (Å²) in [7, 11) is 0. The summed E-state index contributed by atoms with van der Waals surface area (Å²) in [5.74, 6) is 0.917. The first-order valence-corrected chi connectivity index (χ1v) is 7.18. The summed E-state index contributed by atoms with van der Waals surface area (Å²) in [6, 6.07) is 7.58. The molecule has 5 heteroatoms. The van der Waals surface area contributed by atoms with Crippen LogP contribution >= 0.6 is 0 Å². The highest BCUT2D eigenvalue weighted by atomic mass is 16.5. The molecule has 5 nitrogen and oxygen atoms in total. The zero-order valence-corrected chi connectivity index (χ0v) is 12.2. The van der Waals surface area contributed by atoms with Crippen molar-refractivity contribution in [2.24, 2.45) is 5.73 Å². The summed E-state index contributed by atoms with van der Waals surface area (Å²) in [5, 5.41) is 5.76. The van der Waals surface area contributed by atoms with Gasteiger partial charge in [-0.25, -0.2) is 4.79 Å². The summed E-state index contributed by atoms with van der Waals surface area (Å²) >= 11 is 0. The maximum atomic E-state index is 10.5. The lowest BCUT2D eigenvalue weighted by Gasteiger charge is -2.08. The zero-order valence-electron chi connectivity index (χ0n) is 12.2. The molecule has 0 saturated carbocycles.